The van der Waals surface area contributed by atoms with E-state index in [2.05, 4.69) is 10.3 Å². The molecule has 4 nitrogen and oxygen atoms in total. The van der Waals surface area contributed by atoms with Crippen LogP contribution in [0.25, 0.3) is 0 Å². The van der Waals surface area contributed by atoms with Crippen molar-refractivity contribution in [2.24, 2.45) is 11.7 Å². The van der Waals surface area contributed by atoms with E-state index in [1.807, 2.05) is 27.7 Å². The predicted octanol–water partition coefficient (Wildman–Crippen LogP) is 3.08. The van der Waals surface area contributed by atoms with Crippen LogP contribution in [0.4, 0.5) is 10.1 Å². The van der Waals surface area contributed by atoms with E-state index in [4.69, 9.17) is 5.73 Å². The Morgan fingerprint density at radius 1 is 1.53 bits per heavy atom. The summed E-state index contributed by atoms with van der Waals surface area (Å²) in [5.41, 5.74) is 6.32. The average molecular weight is 269 g/mol. The van der Waals surface area contributed by atoms with Gasteiger partial charge in [0.2, 0.25) is 5.91 Å². The highest BCUT2D eigenvalue weighted by Gasteiger charge is 2.11. The molecule has 3 N–H and O–H groups in total. The second-order valence-electron chi connectivity index (χ2n) is 4.12. The van der Waals surface area contributed by atoms with E-state index in [9.17, 15) is 9.18 Å². The van der Waals surface area contributed by atoms with E-state index in [0.717, 1.165) is 12.6 Å². The lowest BCUT2D eigenvalue weighted by Gasteiger charge is -2.11. The first-order chi connectivity index (χ1) is 9.06. The molecule has 1 aromatic rings. The maximum Gasteiger partial charge on any atom is 0.224 e. The van der Waals surface area contributed by atoms with Crippen molar-refractivity contribution < 1.29 is 9.18 Å². The third kappa shape index (κ3) is 6.29. The van der Waals surface area contributed by atoms with Gasteiger partial charge < -0.3 is 11.1 Å². The molecule has 0 aliphatic rings. The fourth-order valence-electron chi connectivity index (χ4n) is 1.40. The first kappa shape index (κ1) is 17.5. The lowest BCUT2D eigenvalue weighted by Crippen LogP contribution is -2.17. The summed E-state index contributed by atoms with van der Waals surface area (Å²) >= 11 is 0. The highest BCUT2D eigenvalue weighted by atomic mass is 19.1. The number of amides is 1. The predicted molar refractivity (Wildman–Crippen MR) is 76.1 cm³/mol. The van der Waals surface area contributed by atoms with Crippen LogP contribution in [0.1, 0.15) is 46.2 Å². The zero-order chi connectivity index (χ0) is 14.8. The Hall–Kier alpha value is -1.49. The maximum absolute atomic E-state index is 13.0. The highest BCUT2D eigenvalue weighted by Crippen LogP contribution is 2.15. The molecular weight excluding hydrogens is 245 g/mol. The Bertz CT molecular complexity index is 396. The molecule has 1 amide bonds. The average Bonchev–Trinajstić information content (AvgIpc) is 2.41. The van der Waals surface area contributed by atoms with E-state index in [1.54, 1.807) is 0 Å². The van der Waals surface area contributed by atoms with E-state index < -0.39 is 5.82 Å². The number of nitrogens with two attached hydrogens (primary N) is 1. The number of hydrogen-bond donors (Lipinski definition) is 2. The number of aromatic nitrogens is 1. The van der Waals surface area contributed by atoms with Gasteiger partial charge in [-0.1, -0.05) is 34.1 Å². The van der Waals surface area contributed by atoms with Gasteiger partial charge in [0.15, 0.2) is 0 Å². The Morgan fingerprint density at radius 2 is 2.16 bits per heavy atom. The number of nitrogens with one attached hydrogen (secondary N) is 1. The summed E-state index contributed by atoms with van der Waals surface area (Å²) in [5.74, 6) is -0.319. The van der Waals surface area contributed by atoms with Crippen LogP contribution < -0.4 is 11.1 Å². The Kier molecular flexibility index (Phi) is 8.70. The lowest BCUT2D eigenvalue weighted by atomic mass is 10.0. The molecule has 1 rings (SSSR count). The normalized spacial score (nSPS) is 11.3. The molecule has 1 heterocycles. The summed E-state index contributed by atoms with van der Waals surface area (Å²) in [4.78, 5) is 15.5. The van der Waals surface area contributed by atoms with Crippen LogP contribution in [0.2, 0.25) is 0 Å². The fraction of sp³-hybridized carbons (Fsp3) is 0.571. The number of rotatable bonds is 5. The van der Waals surface area contributed by atoms with Gasteiger partial charge in [-0.25, -0.2) is 4.39 Å². The quantitative estimate of drug-likeness (QED) is 0.863. The van der Waals surface area contributed by atoms with Gasteiger partial charge in [0.05, 0.1) is 17.6 Å². The van der Waals surface area contributed by atoms with Gasteiger partial charge in [-0.15, -0.1) is 0 Å². The number of hydrogen-bond acceptors (Lipinski definition) is 3. The molecule has 1 atom stereocenters. The summed E-state index contributed by atoms with van der Waals surface area (Å²) in [6, 6.07) is 1.24. The van der Waals surface area contributed by atoms with Gasteiger partial charge in [0, 0.05) is 19.0 Å². The molecule has 0 saturated carbocycles. The molecule has 108 valence electrons. The van der Waals surface area contributed by atoms with Crippen molar-refractivity contribution in [1.82, 2.24) is 4.98 Å². The first-order valence-corrected chi connectivity index (χ1v) is 6.71. The van der Waals surface area contributed by atoms with Crippen molar-refractivity contribution in [1.29, 1.82) is 0 Å². The molecule has 0 fully saturated rings. The minimum Gasteiger partial charge on any atom is -0.325 e. The summed E-state index contributed by atoms with van der Waals surface area (Å²) in [6.07, 6.45) is 2.43. The lowest BCUT2D eigenvalue weighted by molar-refractivity contribution is -0.117. The fourth-order valence-corrected chi connectivity index (χ4v) is 1.40. The van der Waals surface area contributed by atoms with Crippen molar-refractivity contribution in [2.45, 2.75) is 47.1 Å². The molecule has 0 aliphatic carbocycles. The summed E-state index contributed by atoms with van der Waals surface area (Å²) < 4.78 is 13.0. The monoisotopic (exact) mass is 269 g/mol. The van der Waals surface area contributed by atoms with E-state index in [0.29, 0.717) is 23.7 Å². The smallest absolute Gasteiger partial charge is 0.224 e. The van der Waals surface area contributed by atoms with Crippen LogP contribution >= 0.6 is 0 Å². The minimum absolute atomic E-state index is 0.138. The van der Waals surface area contributed by atoms with Crippen LogP contribution in [-0.2, 0) is 11.3 Å². The third-order valence-electron chi connectivity index (χ3n) is 2.64. The molecule has 0 aliphatic heterocycles. The number of nitrogens with zero attached hydrogens (tertiary/aromatic N) is 1. The molecule has 1 aromatic heterocycles. The zero-order valence-corrected chi connectivity index (χ0v) is 12.2. The molecule has 19 heavy (non-hydrogen) atoms. The minimum atomic E-state index is -0.485. The highest BCUT2D eigenvalue weighted by molar-refractivity contribution is 5.91. The topological polar surface area (TPSA) is 68.0 Å². The molecule has 5 heteroatoms. The summed E-state index contributed by atoms with van der Waals surface area (Å²) in [5, 5.41) is 2.65. The Balaban J connectivity index is 0.00000154. The van der Waals surface area contributed by atoms with Gasteiger partial charge >= 0.3 is 0 Å². The van der Waals surface area contributed by atoms with Crippen LogP contribution in [0, 0.1) is 11.7 Å². The number of carbonyl (C=O) groups is 1. The Morgan fingerprint density at radius 3 is 2.68 bits per heavy atom. The molecule has 0 spiro atoms. The van der Waals surface area contributed by atoms with Crippen LogP contribution in [0.5, 0.6) is 0 Å². The first-order valence-electron chi connectivity index (χ1n) is 6.71. The van der Waals surface area contributed by atoms with Gasteiger partial charge in [-0.05, 0) is 5.92 Å². The van der Waals surface area contributed by atoms with E-state index in [1.165, 1.54) is 6.07 Å². The molecular formula is C14H24FN3O. The van der Waals surface area contributed by atoms with Crippen LogP contribution in [0.15, 0.2) is 12.3 Å². The van der Waals surface area contributed by atoms with Crippen LogP contribution in [-0.4, -0.2) is 10.9 Å². The molecule has 0 bridgehead atoms. The van der Waals surface area contributed by atoms with Gasteiger partial charge in [0.25, 0.3) is 0 Å². The van der Waals surface area contributed by atoms with Crippen molar-refractivity contribution >= 4 is 11.6 Å². The molecule has 0 aromatic carbocycles. The van der Waals surface area contributed by atoms with E-state index in [-0.39, 0.29) is 12.5 Å². The number of carbonyl (C=O) groups excluding carboxylic acids is 1. The summed E-state index contributed by atoms with van der Waals surface area (Å²) in [6.45, 7) is 8.18. The second-order valence-corrected chi connectivity index (χ2v) is 4.12. The Labute approximate surface area is 114 Å². The number of halogens is 1. The third-order valence-corrected chi connectivity index (χ3v) is 2.64. The second kappa shape index (κ2) is 9.44. The van der Waals surface area contributed by atoms with Crippen molar-refractivity contribution in [3.8, 4) is 0 Å². The molecule has 0 radical (unpaired) electrons. The van der Waals surface area contributed by atoms with Gasteiger partial charge in [-0.2, -0.15) is 0 Å². The van der Waals surface area contributed by atoms with Crippen molar-refractivity contribution in [3.05, 3.63) is 23.8 Å². The SMILES string of the molecule is CC.CCC(C)CC(=O)Nc1cc(F)cnc1CN. The molecule has 1 unspecified atom stereocenters. The van der Waals surface area contributed by atoms with Crippen molar-refractivity contribution in [3.63, 3.8) is 0 Å². The largest absolute Gasteiger partial charge is 0.325 e. The van der Waals surface area contributed by atoms with Crippen molar-refractivity contribution in [2.75, 3.05) is 5.32 Å². The molecule has 0 saturated heterocycles. The van der Waals surface area contributed by atoms with Gasteiger partial charge in [-0.3, -0.25) is 9.78 Å². The number of anilines is 1. The summed E-state index contributed by atoms with van der Waals surface area (Å²) in [7, 11) is 0. The number of pyridine rings is 1. The zero-order valence-electron chi connectivity index (χ0n) is 12.2. The maximum atomic E-state index is 13.0. The van der Waals surface area contributed by atoms with Gasteiger partial charge in [0.1, 0.15) is 5.82 Å². The van der Waals surface area contributed by atoms with E-state index >= 15 is 0 Å². The van der Waals surface area contributed by atoms with Crippen LogP contribution in [0.3, 0.4) is 0 Å². The standard InChI is InChI=1S/C12H18FN3O.C2H6/c1-3-8(2)4-12(17)16-10-5-9(13)7-15-11(10)6-14;1-2/h5,7-8H,3-4,6,14H2,1-2H3,(H,16,17);1-2H3.